The number of halogens is 4. The zero-order valence-corrected chi connectivity index (χ0v) is 13.3. The second-order valence-electron chi connectivity index (χ2n) is 5.16. The molecule has 0 spiro atoms. The van der Waals surface area contributed by atoms with E-state index in [0.717, 1.165) is 0 Å². The minimum absolute atomic E-state index is 0.0300. The summed E-state index contributed by atoms with van der Waals surface area (Å²) < 4.78 is 53.7. The third kappa shape index (κ3) is 5.98. The Balaban J connectivity index is 1.91. The summed E-state index contributed by atoms with van der Waals surface area (Å²) in [5, 5.41) is 11.5. The van der Waals surface area contributed by atoms with Crippen LogP contribution in [0.5, 0.6) is 5.75 Å². The Kier molecular flexibility index (Phi) is 6.01. The van der Waals surface area contributed by atoms with Gasteiger partial charge in [0.15, 0.2) is 5.96 Å². The van der Waals surface area contributed by atoms with E-state index in [1.165, 1.54) is 42.5 Å². The van der Waals surface area contributed by atoms with Gasteiger partial charge in [-0.15, -0.1) is 13.2 Å². The summed E-state index contributed by atoms with van der Waals surface area (Å²) in [4.78, 5) is 4.02. The first kappa shape index (κ1) is 19.1. The molecule has 9 heteroatoms. The van der Waals surface area contributed by atoms with Crippen molar-refractivity contribution in [1.82, 2.24) is 5.32 Å². The van der Waals surface area contributed by atoms with Gasteiger partial charge in [0.1, 0.15) is 11.6 Å². The van der Waals surface area contributed by atoms with E-state index in [4.69, 9.17) is 11.0 Å². The number of benzene rings is 2. The first-order valence-electron chi connectivity index (χ1n) is 7.34. The Morgan fingerprint density at radius 3 is 2.50 bits per heavy atom. The molecule has 136 valence electrons. The van der Waals surface area contributed by atoms with Crippen LogP contribution in [-0.2, 0) is 13.1 Å². The molecule has 2 rings (SSSR count). The molecule has 2 aromatic carbocycles. The fourth-order valence-corrected chi connectivity index (χ4v) is 1.99. The summed E-state index contributed by atoms with van der Waals surface area (Å²) in [5.41, 5.74) is 6.87. The highest BCUT2D eigenvalue weighted by Crippen LogP contribution is 2.22. The molecule has 0 saturated heterocycles. The molecule has 0 aliphatic carbocycles. The minimum Gasteiger partial charge on any atom is -0.406 e. The van der Waals surface area contributed by atoms with E-state index in [1.54, 1.807) is 0 Å². The Morgan fingerprint density at radius 2 is 1.88 bits per heavy atom. The number of nitriles is 1. The van der Waals surface area contributed by atoms with E-state index in [2.05, 4.69) is 15.0 Å². The topological polar surface area (TPSA) is 83.4 Å². The van der Waals surface area contributed by atoms with Crippen molar-refractivity contribution in [3.8, 4) is 11.8 Å². The molecule has 0 atom stereocenters. The standard InChI is InChI=1S/C17H14F4N4O/c18-15-6-3-12(8-22)7-13(15)10-25-16(23)24-9-11-1-4-14(5-2-11)26-17(19,20)21/h1-7H,9-10H2,(H3,23,24,25). The number of nitrogens with one attached hydrogen (secondary N) is 1. The SMILES string of the molecule is N#Cc1ccc(F)c(CNC(N)=NCc2ccc(OC(F)(F)F)cc2)c1. The average molecular weight is 366 g/mol. The van der Waals surface area contributed by atoms with Gasteiger partial charge in [-0.25, -0.2) is 9.38 Å². The highest BCUT2D eigenvalue weighted by molar-refractivity contribution is 5.77. The van der Waals surface area contributed by atoms with Gasteiger partial charge in [-0.1, -0.05) is 12.1 Å². The molecular formula is C17H14F4N4O. The minimum atomic E-state index is -4.74. The van der Waals surface area contributed by atoms with Gasteiger partial charge in [0.05, 0.1) is 18.2 Å². The number of alkyl halides is 3. The van der Waals surface area contributed by atoms with Crippen molar-refractivity contribution in [1.29, 1.82) is 5.26 Å². The number of rotatable bonds is 5. The van der Waals surface area contributed by atoms with Gasteiger partial charge in [0, 0.05) is 12.1 Å². The van der Waals surface area contributed by atoms with Gasteiger partial charge in [0.2, 0.25) is 0 Å². The fourth-order valence-electron chi connectivity index (χ4n) is 1.99. The van der Waals surface area contributed by atoms with Crippen LogP contribution >= 0.6 is 0 Å². The number of nitrogens with zero attached hydrogens (tertiary/aromatic N) is 2. The van der Waals surface area contributed by atoms with Gasteiger partial charge in [-0.2, -0.15) is 5.26 Å². The smallest absolute Gasteiger partial charge is 0.406 e. The number of ether oxygens (including phenoxy) is 1. The van der Waals surface area contributed by atoms with Crippen molar-refractivity contribution in [3.63, 3.8) is 0 Å². The van der Waals surface area contributed by atoms with E-state index in [-0.39, 0.29) is 30.4 Å². The highest BCUT2D eigenvalue weighted by atomic mass is 19.4. The summed E-state index contributed by atoms with van der Waals surface area (Å²) in [6.45, 7) is 0.154. The maximum atomic E-state index is 13.6. The van der Waals surface area contributed by atoms with Gasteiger partial charge >= 0.3 is 6.36 Å². The molecule has 0 radical (unpaired) electrons. The lowest BCUT2D eigenvalue weighted by atomic mass is 10.1. The predicted molar refractivity (Wildman–Crippen MR) is 86.4 cm³/mol. The Bertz CT molecular complexity index is 826. The van der Waals surface area contributed by atoms with E-state index >= 15 is 0 Å². The third-order valence-corrected chi connectivity index (χ3v) is 3.22. The lowest BCUT2D eigenvalue weighted by molar-refractivity contribution is -0.274. The van der Waals surface area contributed by atoms with Crippen molar-refractivity contribution in [2.75, 3.05) is 0 Å². The van der Waals surface area contributed by atoms with E-state index in [9.17, 15) is 17.6 Å². The van der Waals surface area contributed by atoms with Crippen LogP contribution < -0.4 is 15.8 Å². The molecule has 0 aliphatic heterocycles. The molecule has 2 aromatic rings. The first-order valence-corrected chi connectivity index (χ1v) is 7.34. The summed E-state index contributed by atoms with van der Waals surface area (Å²) in [6.07, 6.45) is -4.74. The van der Waals surface area contributed by atoms with Crippen molar-refractivity contribution in [2.24, 2.45) is 10.7 Å². The van der Waals surface area contributed by atoms with Crippen LogP contribution in [0.15, 0.2) is 47.5 Å². The maximum absolute atomic E-state index is 13.6. The summed E-state index contributed by atoms with van der Waals surface area (Å²) >= 11 is 0. The Labute approximate surface area is 146 Å². The summed E-state index contributed by atoms with van der Waals surface area (Å²) in [6, 6.07) is 11.1. The monoisotopic (exact) mass is 366 g/mol. The van der Waals surface area contributed by atoms with Crippen LogP contribution in [0.4, 0.5) is 17.6 Å². The van der Waals surface area contributed by atoms with Crippen LogP contribution in [0.2, 0.25) is 0 Å². The molecule has 26 heavy (non-hydrogen) atoms. The average Bonchev–Trinajstić information content (AvgIpc) is 2.59. The molecule has 0 bridgehead atoms. The lowest BCUT2D eigenvalue weighted by Gasteiger charge is -2.09. The molecule has 0 amide bonds. The van der Waals surface area contributed by atoms with Crippen LogP contribution in [-0.4, -0.2) is 12.3 Å². The molecule has 5 nitrogen and oxygen atoms in total. The normalized spacial score (nSPS) is 11.7. The number of aliphatic imine (C=N–C) groups is 1. The molecule has 0 saturated carbocycles. The van der Waals surface area contributed by atoms with Gasteiger partial charge in [-0.3, -0.25) is 0 Å². The number of hydrogen-bond acceptors (Lipinski definition) is 3. The molecule has 3 N–H and O–H groups in total. The highest BCUT2D eigenvalue weighted by Gasteiger charge is 2.30. The van der Waals surface area contributed by atoms with Crippen LogP contribution in [0.1, 0.15) is 16.7 Å². The van der Waals surface area contributed by atoms with Gasteiger partial charge in [0.25, 0.3) is 0 Å². The van der Waals surface area contributed by atoms with Crippen molar-refractivity contribution in [3.05, 3.63) is 65.0 Å². The number of guanidine groups is 1. The third-order valence-electron chi connectivity index (χ3n) is 3.22. The van der Waals surface area contributed by atoms with Crippen LogP contribution in [0.3, 0.4) is 0 Å². The lowest BCUT2D eigenvalue weighted by Crippen LogP contribution is -2.31. The molecule has 0 aliphatic rings. The number of nitrogens with two attached hydrogens (primary N) is 1. The summed E-state index contributed by atoms with van der Waals surface area (Å²) in [5.74, 6) is -0.781. The molecule has 0 aromatic heterocycles. The largest absolute Gasteiger partial charge is 0.573 e. The quantitative estimate of drug-likeness (QED) is 0.484. The van der Waals surface area contributed by atoms with E-state index in [1.807, 2.05) is 6.07 Å². The maximum Gasteiger partial charge on any atom is 0.573 e. The number of hydrogen-bond donors (Lipinski definition) is 2. The van der Waals surface area contributed by atoms with E-state index in [0.29, 0.717) is 11.1 Å². The Morgan fingerprint density at radius 1 is 1.19 bits per heavy atom. The fraction of sp³-hybridized carbons (Fsp3) is 0.176. The van der Waals surface area contributed by atoms with E-state index < -0.39 is 12.2 Å². The zero-order valence-electron chi connectivity index (χ0n) is 13.3. The molecule has 0 unspecified atom stereocenters. The molecule has 0 fully saturated rings. The first-order chi connectivity index (χ1) is 12.3. The van der Waals surface area contributed by atoms with Crippen molar-refractivity contribution >= 4 is 5.96 Å². The molecular weight excluding hydrogens is 352 g/mol. The second kappa shape index (κ2) is 8.20. The van der Waals surface area contributed by atoms with Gasteiger partial charge < -0.3 is 15.8 Å². The predicted octanol–water partition coefficient (Wildman–Crippen LogP) is 3.20. The van der Waals surface area contributed by atoms with Crippen molar-refractivity contribution in [2.45, 2.75) is 19.5 Å². The van der Waals surface area contributed by atoms with Crippen LogP contribution in [0.25, 0.3) is 0 Å². The van der Waals surface area contributed by atoms with Gasteiger partial charge in [-0.05, 0) is 35.9 Å². The molecule has 0 heterocycles. The summed E-state index contributed by atoms with van der Waals surface area (Å²) in [7, 11) is 0. The Hall–Kier alpha value is -3.28. The second-order valence-corrected chi connectivity index (χ2v) is 5.16. The van der Waals surface area contributed by atoms with Crippen LogP contribution in [0, 0.1) is 17.1 Å². The van der Waals surface area contributed by atoms with Crippen molar-refractivity contribution < 1.29 is 22.3 Å². The zero-order chi connectivity index (χ0) is 19.2.